The Labute approximate surface area is 125 Å². The lowest BCUT2D eigenvalue weighted by Gasteiger charge is -2.40. The first-order valence-corrected chi connectivity index (χ1v) is 7.91. The molecule has 3 heterocycles. The normalized spacial score (nSPS) is 38.1. The van der Waals surface area contributed by atoms with Crippen LogP contribution in [0.3, 0.4) is 0 Å². The van der Waals surface area contributed by atoms with Crippen LogP contribution in [0, 0.1) is 11.8 Å². The first-order valence-electron chi connectivity index (χ1n) is 7.91. The van der Waals surface area contributed by atoms with E-state index in [1.807, 2.05) is 6.92 Å². The van der Waals surface area contributed by atoms with Gasteiger partial charge in [-0.05, 0) is 38.6 Å². The van der Waals surface area contributed by atoms with Crippen LogP contribution < -0.4 is 5.32 Å². The van der Waals surface area contributed by atoms with Gasteiger partial charge >= 0.3 is 6.03 Å². The van der Waals surface area contributed by atoms with E-state index in [0.717, 1.165) is 52.1 Å². The lowest BCUT2D eigenvalue weighted by atomic mass is 9.79. The quantitative estimate of drug-likeness (QED) is 0.778. The molecule has 118 valence electrons. The van der Waals surface area contributed by atoms with Gasteiger partial charge in [0.2, 0.25) is 0 Å². The van der Waals surface area contributed by atoms with Crippen LogP contribution in [0.5, 0.6) is 0 Å². The van der Waals surface area contributed by atoms with Gasteiger partial charge in [-0.1, -0.05) is 0 Å². The van der Waals surface area contributed by atoms with Crippen LogP contribution in [0.2, 0.25) is 0 Å². The van der Waals surface area contributed by atoms with Crippen molar-refractivity contribution in [3.05, 3.63) is 0 Å². The number of imide groups is 1. The maximum absolute atomic E-state index is 12.4. The van der Waals surface area contributed by atoms with E-state index in [4.69, 9.17) is 4.74 Å². The van der Waals surface area contributed by atoms with Gasteiger partial charge < -0.3 is 15.0 Å². The molecule has 6 heteroatoms. The number of carbonyl (C=O) groups is 2. The van der Waals surface area contributed by atoms with Gasteiger partial charge in [0.15, 0.2) is 0 Å². The smallest absolute Gasteiger partial charge is 0.324 e. The number of ether oxygens (including phenoxy) is 1. The zero-order valence-corrected chi connectivity index (χ0v) is 12.9. The molecule has 0 aromatic rings. The first kappa shape index (κ1) is 14.8. The number of rotatable bonds is 3. The molecule has 3 saturated heterocycles. The summed E-state index contributed by atoms with van der Waals surface area (Å²) in [7, 11) is 1.55. The Bertz CT molecular complexity index is 436. The van der Waals surface area contributed by atoms with Crippen molar-refractivity contribution in [3.63, 3.8) is 0 Å². The molecule has 0 unspecified atom stereocenters. The van der Waals surface area contributed by atoms with Crippen molar-refractivity contribution < 1.29 is 14.3 Å². The molecule has 3 aliphatic rings. The number of piperidine rings is 1. The fourth-order valence-electron chi connectivity index (χ4n) is 3.86. The number of nitrogens with one attached hydrogen (secondary N) is 1. The van der Waals surface area contributed by atoms with Crippen LogP contribution in [0.15, 0.2) is 0 Å². The molecular weight excluding hydrogens is 270 g/mol. The maximum Gasteiger partial charge on any atom is 0.324 e. The molecule has 0 bridgehead atoms. The zero-order valence-electron chi connectivity index (χ0n) is 12.9. The van der Waals surface area contributed by atoms with Crippen molar-refractivity contribution >= 4 is 11.9 Å². The summed E-state index contributed by atoms with van der Waals surface area (Å²) in [5.41, 5.74) is -0.739. The summed E-state index contributed by atoms with van der Waals surface area (Å²) >= 11 is 0. The lowest BCUT2D eigenvalue weighted by molar-refractivity contribution is -0.132. The molecule has 0 aliphatic carbocycles. The largest absolute Gasteiger partial charge is 0.381 e. The Balaban J connectivity index is 1.65. The third-order valence-corrected chi connectivity index (χ3v) is 5.28. The molecule has 3 fully saturated rings. The Morgan fingerprint density at radius 1 is 1.38 bits per heavy atom. The molecule has 3 amide bonds. The summed E-state index contributed by atoms with van der Waals surface area (Å²) < 4.78 is 5.45. The van der Waals surface area contributed by atoms with Gasteiger partial charge in [-0.2, -0.15) is 0 Å². The van der Waals surface area contributed by atoms with E-state index < -0.39 is 5.54 Å². The second kappa shape index (κ2) is 5.57. The van der Waals surface area contributed by atoms with E-state index in [0.29, 0.717) is 5.92 Å². The highest BCUT2D eigenvalue weighted by Gasteiger charge is 2.51. The number of nitrogens with zero attached hydrogens (tertiary/aromatic N) is 2. The monoisotopic (exact) mass is 295 g/mol. The second-order valence-electron chi connectivity index (χ2n) is 6.83. The SMILES string of the molecule is CN1C(=O)N[C@](C)([C@@H]2CCCN(C[C@@H]3CCOC3)C2)C1=O. The van der Waals surface area contributed by atoms with E-state index >= 15 is 0 Å². The van der Waals surface area contributed by atoms with Crippen molar-refractivity contribution in [1.29, 1.82) is 0 Å². The van der Waals surface area contributed by atoms with Crippen LogP contribution in [0.1, 0.15) is 26.2 Å². The minimum absolute atomic E-state index is 0.0939. The van der Waals surface area contributed by atoms with E-state index in [-0.39, 0.29) is 17.9 Å². The number of urea groups is 1. The van der Waals surface area contributed by atoms with Gasteiger partial charge in [-0.25, -0.2) is 4.79 Å². The summed E-state index contributed by atoms with van der Waals surface area (Å²) in [4.78, 5) is 27.8. The second-order valence-corrected chi connectivity index (χ2v) is 6.83. The molecule has 1 N–H and O–H groups in total. The molecule has 3 atom stereocenters. The number of amides is 3. The molecule has 0 aromatic carbocycles. The molecule has 0 spiro atoms. The average Bonchev–Trinajstić information content (AvgIpc) is 3.04. The van der Waals surface area contributed by atoms with Gasteiger partial charge in [-0.3, -0.25) is 9.69 Å². The van der Waals surface area contributed by atoms with Crippen LogP contribution in [-0.2, 0) is 9.53 Å². The summed E-state index contributed by atoms with van der Waals surface area (Å²) in [6, 6.07) is -0.274. The number of carbonyl (C=O) groups excluding carboxylic acids is 2. The molecule has 3 rings (SSSR count). The number of hydrogen-bond donors (Lipinski definition) is 1. The van der Waals surface area contributed by atoms with Gasteiger partial charge in [0.25, 0.3) is 5.91 Å². The summed E-state index contributed by atoms with van der Waals surface area (Å²) in [6.07, 6.45) is 3.21. The Kier molecular flexibility index (Phi) is 3.92. The predicted molar refractivity (Wildman–Crippen MR) is 77.8 cm³/mol. The zero-order chi connectivity index (χ0) is 15.0. The van der Waals surface area contributed by atoms with Crippen LogP contribution >= 0.6 is 0 Å². The number of hydrogen-bond acceptors (Lipinski definition) is 4. The van der Waals surface area contributed by atoms with Crippen molar-refractivity contribution in [1.82, 2.24) is 15.1 Å². The minimum atomic E-state index is -0.739. The number of likely N-dealkylation sites (N-methyl/N-ethyl adjacent to an activating group) is 1. The standard InChI is InChI=1S/C15H25N3O3/c1-15(13(19)17(2)14(20)16-15)12-4-3-6-18(9-12)8-11-5-7-21-10-11/h11-12H,3-10H2,1-2H3,(H,16,20)/t11-,12+,15+/m0/s1. The van der Waals surface area contributed by atoms with Crippen LogP contribution in [0.4, 0.5) is 4.79 Å². The van der Waals surface area contributed by atoms with E-state index in [2.05, 4.69) is 10.2 Å². The van der Waals surface area contributed by atoms with Crippen LogP contribution in [0.25, 0.3) is 0 Å². The predicted octanol–water partition coefficient (Wildman–Crippen LogP) is 0.675. The third kappa shape index (κ3) is 2.66. The fraction of sp³-hybridized carbons (Fsp3) is 0.867. The summed E-state index contributed by atoms with van der Waals surface area (Å²) in [6.45, 7) is 6.62. The summed E-state index contributed by atoms with van der Waals surface area (Å²) in [5, 5.41) is 2.90. The Morgan fingerprint density at radius 2 is 2.19 bits per heavy atom. The first-order chi connectivity index (χ1) is 10.0. The van der Waals surface area contributed by atoms with Gasteiger partial charge in [0.1, 0.15) is 5.54 Å². The van der Waals surface area contributed by atoms with Gasteiger partial charge in [0, 0.05) is 32.7 Å². The lowest BCUT2D eigenvalue weighted by Crippen LogP contribution is -2.56. The number of likely N-dealkylation sites (tertiary alicyclic amines) is 1. The third-order valence-electron chi connectivity index (χ3n) is 5.28. The molecule has 0 aromatic heterocycles. The molecule has 0 saturated carbocycles. The molecular formula is C15H25N3O3. The topological polar surface area (TPSA) is 61.9 Å². The highest BCUT2D eigenvalue weighted by Crippen LogP contribution is 2.32. The van der Waals surface area contributed by atoms with Crippen molar-refractivity contribution in [2.75, 3.05) is 39.9 Å². The van der Waals surface area contributed by atoms with E-state index in [1.54, 1.807) is 7.05 Å². The van der Waals surface area contributed by atoms with Crippen LogP contribution in [-0.4, -0.2) is 67.2 Å². The van der Waals surface area contributed by atoms with Crippen molar-refractivity contribution in [2.24, 2.45) is 11.8 Å². The Hall–Kier alpha value is -1.14. The van der Waals surface area contributed by atoms with Crippen molar-refractivity contribution in [3.8, 4) is 0 Å². The van der Waals surface area contributed by atoms with Crippen molar-refractivity contribution in [2.45, 2.75) is 31.7 Å². The highest BCUT2D eigenvalue weighted by molar-refractivity contribution is 6.06. The summed E-state index contributed by atoms with van der Waals surface area (Å²) in [5.74, 6) is 0.714. The Morgan fingerprint density at radius 3 is 2.81 bits per heavy atom. The average molecular weight is 295 g/mol. The van der Waals surface area contributed by atoms with Gasteiger partial charge in [0.05, 0.1) is 6.61 Å². The van der Waals surface area contributed by atoms with E-state index in [9.17, 15) is 9.59 Å². The molecule has 0 radical (unpaired) electrons. The van der Waals surface area contributed by atoms with Gasteiger partial charge in [-0.15, -0.1) is 0 Å². The molecule has 21 heavy (non-hydrogen) atoms. The minimum Gasteiger partial charge on any atom is -0.381 e. The maximum atomic E-state index is 12.4. The van der Waals surface area contributed by atoms with E-state index in [1.165, 1.54) is 4.90 Å². The highest BCUT2D eigenvalue weighted by atomic mass is 16.5. The molecule has 3 aliphatic heterocycles. The fourth-order valence-corrected chi connectivity index (χ4v) is 3.86. The molecule has 6 nitrogen and oxygen atoms in total.